The molecule has 0 amide bonds. The fourth-order valence-electron chi connectivity index (χ4n) is 2.41. The van der Waals surface area contributed by atoms with E-state index in [1.807, 2.05) is 20.8 Å². The molecule has 0 heterocycles. The molecule has 0 radical (unpaired) electrons. The quantitative estimate of drug-likeness (QED) is 0.812. The van der Waals surface area contributed by atoms with Crippen LogP contribution >= 0.6 is 0 Å². The molecule has 2 N–H and O–H groups in total. The SMILES string of the molecule is CCNCc1cc(S(=O)(=O)NC(C)(C)C2CC2)ccc1F. The summed E-state index contributed by atoms with van der Waals surface area (Å²) < 4.78 is 41.4. The minimum Gasteiger partial charge on any atom is -0.313 e. The Morgan fingerprint density at radius 1 is 1.33 bits per heavy atom. The highest BCUT2D eigenvalue weighted by Gasteiger charge is 2.40. The number of rotatable bonds is 7. The van der Waals surface area contributed by atoms with Gasteiger partial charge in [0.05, 0.1) is 4.90 Å². The number of hydrogen-bond donors (Lipinski definition) is 2. The highest BCUT2D eigenvalue weighted by Crippen LogP contribution is 2.39. The van der Waals surface area contributed by atoms with Crippen LogP contribution in [0.4, 0.5) is 4.39 Å². The average Bonchev–Trinajstić information content (AvgIpc) is 3.21. The van der Waals surface area contributed by atoms with Crippen LogP contribution in [0.15, 0.2) is 23.1 Å². The molecule has 1 fully saturated rings. The highest BCUT2D eigenvalue weighted by molar-refractivity contribution is 7.89. The van der Waals surface area contributed by atoms with Crippen LogP contribution in [-0.4, -0.2) is 20.5 Å². The molecular weight excluding hydrogens is 291 g/mol. The second-order valence-electron chi connectivity index (χ2n) is 6.14. The lowest BCUT2D eigenvalue weighted by Crippen LogP contribution is -2.45. The fraction of sp³-hybridized carbons (Fsp3) is 0.600. The van der Waals surface area contributed by atoms with Gasteiger partial charge in [0.25, 0.3) is 0 Å². The smallest absolute Gasteiger partial charge is 0.241 e. The summed E-state index contributed by atoms with van der Waals surface area (Å²) in [5.41, 5.74) is -0.0985. The first-order valence-electron chi connectivity index (χ1n) is 7.29. The topological polar surface area (TPSA) is 58.2 Å². The summed E-state index contributed by atoms with van der Waals surface area (Å²) in [6.45, 7) is 6.72. The van der Waals surface area contributed by atoms with Crippen LogP contribution in [0.1, 0.15) is 39.2 Å². The van der Waals surface area contributed by atoms with E-state index < -0.39 is 21.4 Å². The van der Waals surface area contributed by atoms with E-state index in [1.165, 1.54) is 18.2 Å². The van der Waals surface area contributed by atoms with Crippen LogP contribution in [0.5, 0.6) is 0 Å². The molecule has 0 aliphatic heterocycles. The summed E-state index contributed by atoms with van der Waals surface area (Å²) in [5, 5.41) is 3.01. The first-order valence-corrected chi connectivity index (χ1v) is 8.77. The maximum atomic E-state index is 13.7. The third-order valence-electron chi connectivity index (χ3n) is 3.89. The first kappa shape index (κ1) is 16.4. The molecule has 2 rings (SSSR count). The average molecular weight is 314 g/mol. The fourth-order valence-corrected chi connectivity index (χ4v) is 3.93. The van der Waals surface area contributed by atoms with Gasteiger partial charge in [-0.2, -0.15) is 0 Å². The Bertz CT molecular complexity index is 610. The van der Waals surface area contributed by atoms with E-state index in [-0.39, 0.29) is 4.90 Å². The van der Waals surface area contributed by atoms with Gasteiger partial charge in [0.1, 0.15) is 5.82 Å². The first-order chi connectivity index (χ1) is 9.76. The standard InChI is InChI=1S/C15H23FN2O2S/c1-4-17-10-11-9-13(7-8-14(11)16)21(19,20)18-15(2,3)12-5-6-12/h7-9,12,17-18H,4-6,10H2,1-3H3. The van der Waals surface area contributed by atoms with Crippen LogP contribution in [-0.2, 0) is 16.6 Å². The van der Waals surface area contributed by atoms with E-state index in [0.29, 0.717) is 24.6 Å². The molecule has 1 aliphatic rings. The molecule has 6 heteroatoms. The lowest BCUT2D eigenvalue weighted by molar-refractivity contribution is 0.400. The molecule has 1 aromatic carbocycles. The van der Waals surface area contributed by atoms with Gasteiger partial charge in [-0.25, -0.2) is 17.5 Å². The third-order valence-corrected chi connectivity index (χ3v) is 5.56. The van der Waals surface area contributed by atoms with Crippen LogP contribution in [0.3, 0.4) is 0 Å². The molecule has 0 unspecified atom stereocenters. The maximum absolute atomic E-state index is 13.7. The largest absolute Gasteiger partial charge is 0.313 e. The number of halogens is 1. The normalized spacial score (nSPS) is 16.2. The van der Waals surface area contributed by atoms with Crippen molar-refractivity contribution in [1.29, 1.82) is 0 Å². The molecule has 1 aliphatic carbocycles. The van der Waals surface area contributed by atoms with Gasteiger partial charge < -0.3 is 5.32 Å². The van der Waals surface area contributed by atoms with Gasteiger partial charge in [-0.3, -0.25) is 0 Å². The molecular formula is C15H23FN2O2S. The number of hydrogen-bond acceptors (Lipinski definition) is 3. The summed E-state index contributed by atoms with van der Waals surface area (Å²) in [6.07, 6.45) is 2.09. The predicted octanol–water partition coefficient (Wildman–Crippen LogP) is 2.40. The van der Waals surface area contributed by atoms with E-state index >= 15 is 0 Å². The van der Waals surface area contributed by atoms with E-state index in [1.54, 1.807) is 0 Å². The van der Waals surface area contributed by atoms with Crippen molar-refractivity contribution in [3.8, 4) is 0 Å². The van der Waals surface area contributed by atoms with Crippen molar-refractivity contribution in [3.63, 3.8) is 0 Å². The molecule has 1 aromatic rings. The second kappa shape index (κ2) is 6.02. The molecule has 21 heavy (non-hydrogen) atoms. The minimum absolute atomic E-state index is 0.116. The van der Waals surface area contributed by atoms with Gasteiger partial charge >= 0.3 is 0 Å². The molecule has 0 atom stereocenters. The van der Waals surface area contributed by atoms with E-state index in [0.717, 1.165) is 12.8 Å². The Balaban J connectivity index is 2.23. The number of sulfonamides is 1. The van der Waals surface area contributed by atoms with Crippen molar-refractivity contribution in [2.75, 3.05) is 6.54 Å². The molecule has 0 bridgehead atoms. The Labute approximate surface area is 126 Å². The molecule has 4 nitrogen and oxygen atoms in total. The van der Waals surface area contributed by atoms with Gasteiger partial charge in [-0.05, 0) is 57.4 Å². The Hall–Kier alpha value is -0.980. The van der Waals surface area contributed by atoms with Gasteiger partial charge in [0.15, 0.2) is 0 Å². The van der Waals surface area contributed by atoms with Gasteiger partial charge in [-0.15, -0.1) is 0 Å². The summed E-state index contributed by atoms with van der Waals surface area (Å²) >= 11 is 0. The summed E-state index contributed by atoms with van der Waals surface area (Å²) in [4.78, 5) is 0.116. The van der Waals surface area contributed by atoms with Crippen molar-refractivity contribution in [2.45, 2.75) is 50.6 Å². The highest BCUT2D eigenvalue weighted by atomic mass is 32.2. The summed E-state index contributed by atoms with van der Waals surface area (Å²) in [6, 6.07) is 3.94. The Morgan fingerprint density at radius 2 is 2.00 bits per heavy atom. The zero-order valence-corrected chi connectivity index (χ0v) is 13.6. The van der Waals surface area contributed by atoms with Gasteiger partial charge in [-0.1, -0.05) is 6.92 Å². The van der Waals surface area contributed by atoms with Crippen LogP contribution in [0.25, 0.3) is 0 Å². The van der Waals surface area contributed by atoms with Crippen LogP contribution in [0.2, 0.25) is 0 Å². The minimum atomic E-state index is -3.63. The Kier molecular flexibility index (Phi) is 4.70. The van der Waals surface area contributed by atoms with E-state index in [9.17, 15) is 12.8 Å². The second-order valence-corrected chi connectivity index (χ2v) is 7.82. The van der Waals surface area contributed by atoms with Crippen molar-refractivity contribution in [2.24, 2.45) is 5.92 Å². The van der Waals surface area contributed by atoms with Crippen LogP contribution < -0.4 is 10.0 Å². The molecule has 0 aromatic heterocycles. The lowest BCUT2D eigenvalue weighted by Gasteiger charge is -2.26. The van der Waals surface area contributed by atoms with E-state index in [4.69, 9.17) is 0 Å². The molecule has 0 spiro atoms. The summed E-state index contributed by atoms with van der Waals surface area (Å²) in [7, 11) is -3.63. The zero-order valence-electron chi connectivity index (χ0n) is 12.7. The molecule has 0 saturated heterocycles. The van der Waals surface area contributed by atoms with Crippen molar-refractivity contribution < 1.29 is 12.8 Å². The maximum Gasteiger partial charge on any atom is 0.241 e. The predicted molar refractivity (Wildman–Crippen MR) is 80.9 cm³/mol. The van der Waals surface area contributed by atoms with Crippen molar-refractivity contribution in [3.05, 3.63) is 29.6 Å². The van der Waals surface area contributed by atoms with Gasteiger partial charge in [0.2, 0.25) is 10.0 Å². The summed E-state index contributed by atoms with van der Waals surface area (Å²) in [5.74, 6) is -0.00898. The monoisotopic (exact) mass is 314 g/mol. The van der Waals surface area contributed by atoms with E-state index in [2.05, 4.69) is 10.0 Å². The Morgan fingerprint density at radius 3 is 2.57 bits per heavy atom. The number of benzene rings is 1. The molecule has 1 saturated carbocycles. The third kappa shape index (κ3) is 4.02. The lowest BCUT2D eigenvalue weighted by atomic mass is 10.0. The van der Waals surface area contributed by atoms with Gasteiger partial charge in [0, 0.05) is 17.6 Å². The van der Waals surface area contributed by atoms with Crippen molar-refractivity contribution >= 4 is 10.0 Å². The van der Waals surface area contributed by atoms with Crippen LogP contribution in [0, 0.1) is 11.7 Å². The molecule has 118 valence electrons. The zero-order chi connectivity index (χ0) is 15.7. The number of nitrogens with one attached hydrogen (secondary N) is 2. The van der Waals surface area contributed by atoms with Crippen molar-refractivity contribution in [1.82, 2.24) is 10.0 Å².